The average molecular weight is 350 g/mol. The molecular weight excluding hydrogens is 336 g/mol. The van der Waals surface area contributed by atoms with E-state index < -0.39 is 0 Å². The van der Waals surface area contributed by atoms with E-state index in [-0.39, 0.29) is 28.7 Å². The quantitative estimate of drug-likeness (QED) is 0.522. The number of benzene rings is 2. The van der Waals surface area contributed by atoms with Crippen LogP contribution in [0, 0.1) is 5.92 Å². The second kappa shape index (κ2) is 5.39. The summed E-state index contributed by atoms with van der Waals surface area (Å²) in [6.45, 7) is 0. The predicted molar refractivity (Wildman–Crippen MR) is 93.9 cm³/mol. The van der Waals surface area contributed by atoms with Crippen LogP contribution < -0.4 is 10.4 Å². The van der Waals surface area contributed by atoms with E-state index >= 15 is 0 Å². The van der Waals surface area contributed by atoms with Gasteiger partial charge < -0.3 is 14.7 Å². The second-order valence-electron chi connectivity index (χ2n) is 6.23. The zero-order valence-corrected chi connectivity index (χ0v) is 13.9. The molecule has 0 amide bonds. The lowest BCUT2D eigenvalue weighted by Gasteiger charge is -2.39. The predicted octanol–water partition coefficient (Wildman–Crippen LogP) is 3.22. The molecule has 0 fully saturated rings. The van der Waals surface area contributed by atoms with Gasteiger partial charge in [-0.1, -0.05) is 60.3 Å². The van der Waals surface area contributed by atoms with Crippen molar-refractivity contribution in [3.8, 4) is 5.75 Å². The van der Waals surface area contributed by atoms with Crippen molar-refractivity contribution >= 4 is 17.7 Å². The Kier molecular flexibility index (Phi) is 3.15. The molecule has 0 unspecified atom stereocenters. The Hall–Kier alpha value is -2.73. The minimum absolute atomic E-state index is 0.119. The van der Waals surface area contributed by atoms with Crippen LogP contribution in [-0.2, 0) is 4.79 Å². The van der Waals surface area contributed by atoms with Crippen LogP contribution in [0.25, 0.3) is 0 Å². The SMILES string of the molecule is O=C1Oc2ccccc2[C@@H]2c3[nH]c(=O)[nH]c3S[C@H](c3ccccc3)[C@H]12. The lowest BCUT2D eigenvalue weighted by molar-refractivity contribution is -0.141. The molecule has 0 bridgehead atoms. The summed E-state index contributed by atoms with van der Waals surface area (Å²) in [6, 6.07) is 17.4. The van der Waals surface area contributed by atoms with Crippen LogP contribution in [0.15, 0.2) is 64.4 Å². The standard InChI is InChI=1S/C19H14N2O3S/c22-18-14-13(11-8-4-5-9-12(11)24-18)15-17(21-19(23)20-15)25-16(14)10-6-2-1-3-7-10/h1-9,13-14,16H,(H2,20,21,23)/t13-,14+,16+/m0/s1. The van der Waals surface area contributed by atoms with Gasteiger partial charge in [-0.25, -0.2) is 4.79 Å². The zero-order valence-electron chi connectivity index (χ0n) is 13.1. The third-order valence-electron chi connectivity index (χ3n) is 4.83. The summed E-state index contributed by atoms with van der Waals surface area (Å²) in [5, 5.41) is 0.676. The van der Waals surface area contributed by atoms with E-state index in [2.05, 4.69) is 9.97 Å². The number of carbonyl (C=O) groups excluding carboxylic acids is 1. The number of aromatic amines is 2. The molecule has 2 aromatic carbocycles. The number of hydrogen-bond donors (Lipinski definition) is 2. The number of fused-ring (bicyclic) bond motifs is 5. The van der Waals surface area contributed by atoms with Gasteiger partial charge in [-0.2, -0.15) is 0 Å². The molecular formula is C19H14N2O3S. The van der Waals surface area contributed by atoms with Crippen LogP contribution in [0.4, 0.5) is 0 Å². The molecule has 1 aromatic heterocycles. The van der Waals surface area contributed by atoms with Crippen molar-refractivity contribution in [3.63, 3.8) is 0 Å². The number of aromatic nitrogens is 2. The number of para-hydroxylation sites is 1. The number of nitrogens with one attached hydrogen (secondary N) is 2. The summed E-state index contributed by atoms with van der Waals surface area (Å²) in [5.74, 6) is -0.294. The van der Waals surface area contributed by atoms with E-state index in [0.29, 0.717) is 5.75 Å². The first-order chi connectivity index (χ1) is 12.2. The number of hydrogen-bond acceptors (Lipinski definition) is 4. The van der Waals surface area contributed by atoms with Crippen LogP contribution in [0.2, 0.25) is 0 Å². The Bertz CT molecular complexity index is 1020. The molecule has 5 nitrogen and oxygen atoms in total. The highest BCUT2D eigenvalue weighted by Gasteiger charge is 2.49. The number of ether oxygens (including phenoxy) is 1. The summed E-state index contributed by atoms with van der Waals surface area (Å²) in [6.07, 6.45) is 0. The fourth-order valence-electron chi connectivity index (χ4n) is 3.78. The first-order valence-electron chi connectivity index (χ1n) is 8.07. The molecule has 3 heterocycles. The lowest BCUT2D eigenvalue weighted by atomic mass is 9.77. The Morgan fingerprint density at radius 1 is 0.920 bits per heavy atom. The van der Waals surface area contributed by atoms with Gasteiger partial charge in [0.2, 0.25) is 0 Å². The molecule has 3 aromatic rings. The molecule has 3 atom stereocenters. The van der Waals surface area contributed by atoms with Crippen LogP contribution in [-0.4, -0.2) is 15.9 Å². The highest BCUT2D eigenvalue weighted by molar-refractivity contribution is 7.99. The topological polar surface area (TPSA) is 75.0 Å². The summed E-state index contributed by atoms with van der Waals surface area (Å²) in [7, 11) is 0. The van der Waals surface area contributed by atoms with Crippen molar-refractivity contribution in [2.45, 2.75) is 16.2 Å². The fraction of sp³-hybridized carbons (Fsp3) is 0.158. The van der Waals surface area contributed by atoms with Crippen molar-refractivity contribution in [1.82, 2.24) is 9.97 Å². The number of imidazole rings is 1. The molecule has 0 saturated heterocycles. The van der Waals surface area contributed by atoms with Crippen molar-refractivity contribution in [3.05, 3.63) is 81.9 Å². The molecule has 25 heavy (non-hydrogen) atoms. The first-order valence-corrected chi connectivity index (χ1v) is 8.95. The van der Waals surface area contributed by atoms with Gasteiger partial charge in [0.25, 0.3) is 0 Å². The maximum Gasteiger partial charge on any atom is 0.323 e. The van der Waals surface area contributed by atoms with E-state index in [1.807, 2.05) is 48.5 Å². The van der Waals surface area contributed by atoms with Crippen LogP contribution in [0.5, 0.6) is 5.75 Å². The molecule has 0 radical (unpaired) electrons. The first kappa shape index (κ1) is 14.6. The monoisotopic (exact) mass is 350 g/mol. The van der Waals surface area contributed by atoms with Gasteiger partial charge in [-0.05, 0) is 11.6 Å². The molecule has 124 valence electrons. The van der Waals surface area contributed by atoms with E-state index in [1.54, 1.807) is 6.07 Å². The van der Waals surface area contributed by atoms with Crippen LogP contribution >= 0.6 is 11.8 Å². The maximum absolute atomic E-state index is 12.9. The molecule has 5 rings (SSSR count). The highest BCUT2D eigenvalue weighted by atomic mass is 32.2. The van der Waals surface area contributed by atoms with Crippen molar-refractivity contribution in [2.24, 2.45) is 5.92 Å². The molecule has 6 heteroatoms. The summed E-state index contributed by atoms with van der Waals surface area (Å²) in [4.78, 5) is 30.5. The molecule has 0 spiro atoms. The highest BCUT2D eigenvalue weighted by Crippen LogP contribution is 2.57. The summed E-state index contributed by atoms with van der Waals surface area (Å²) >= 11 is 1.51. The van der Waals surface area contributed by atoms with Gasteiger partial charge in [-0.3, -0.25) is 4.79 Å². The number of thioether (sulfide) groups is 1. The van der Waals surface area contributed by atoms with Crippen LogP contribution in [0.1, 0.15) is 28.0 Å². The minimum Gasteiger partial charge on any atom is -0.426 e. The largest absolute Gasteiger partial charge is 0.426 e. The van der Waals surface area contributed by atoms with Gasteiger partial charge in [0.05, 0.1) is 21.9 Å². The third-order valence-corrected chi connectivity index (χ3v) is 6.20. The van der Waals surface area contributed by atoms with Gasteiger partial charge >= 0.3 is 11.7 Å². The van der Waals surface area contributed by atoms with Crippen molar-refractivity contribution in [1.29, 1.82) is 0 Å². The average Bonchev–Trinajstić information content (AvgIpc) is 3.01. The maximum atomic E-state index is 12.9. The van der Waals surface area contributed by atoms with Crippen molar-refractivity contribution < 1.29 is 9.53 Å². The molecule has 2 N–H and O–H groups in total. The zero-order chi connectivity index (χ0) is 17.0. The van der Waals surface area contributed by atoms with Gasteiger partial charge in [0.15, 0.2) is 0 Å². The molecule has 2 aliphatic rings. The fourth-order valence-corrected chi connectivity index (χ4v) is 5.20. The number of carbonyl (C=O) groups is 1. The molecule has 0 saturated carbocycles. The summed E-state index contributed by atoms with van der Waals surface area (Å²) in [5.41, 5.74) is 2.51. The number of rotatable bonds is 1. The number of esters is 1. The van der Waals surface area contributed by atoms with E-state index in [4.69, 9.17) is 4.74 Å². The van der Waals surface area contributed by atoms with Crippen molar-refractivity contribution in [2.75, 3.05) is 0 Å². The van der Waals surface area contributed by atoms with Gasteiger partial charge in [0, 0.05) is 11.5 Å². The smallest absolute Gasteiger partial charge is 0.323 e. The second-order valence-corrected chi connectivity index (χ2v) is 7.39. The van der Waals surface area contributed by atoms with Gasteiger partial charge in [0.1, 0.15) is 5.75 Å². The summed E-state index contributed by atoms with van der Waals surface area (Å²) < 4.78 is 5.62. The Morgan fingerprint density at radius 2 is 1.68 bits per heavy atom. The molecule has 2 aliphatic heterocycles. The van der Waals surface area contributed by atoms with E-state index in [0.717, 1.165) is 21.8 Å². The van der Waals surface area contributed by atoms with E-state index in [9.17, 15) is 9.59 Å². The van der Waals surface area contributed by atoms with Crippen LogP contribution in [0.3, 0.4) is 0 Å². The Labute approximate surface area is 147 Å². The van der Waals surface area contributed by atoms with E-state index in [1.165, 1.54) is 11.8 Å². The third kappa shape index (κ3) is 2.17. The molecule has 0 aliphatic carbocycles. The normalized spacial score (nSPS) is 24.0. The Morgan fingerprint density at radius 3 is 2.52 bits per heavy atom. The number of H-pyrrole nitrogens is 2. The lowest BCUT2D eigenvalue weighted by Crippen LogP contribution is -2.38. The Balaban J connectivity index is 1.75. The minimum atomic E-state index is -0.388. The van der Waals surface area contributed by atoms with Gasteiger partial charge in [-0.15, -0.1) is 0 Å².